The van der Waals surface area contributed by atoms with E-state index in [1.54, 1.807) is 24.3 Å². The number of nitrogens with one attached hydrogen (secondary N) is 1. The first-order chi connectivity index (χ1) is 15.5. The van der Waals surface area contributed by atoms with Crippen LogP contribution in [0.5, 0.6) is 11.5 Å². The van der Waals surface area contributed by atoms with E-state index in [0.29, 0.717) is 22.1 Å². The average Bonchev–Trinajstić information content (AvgIpc) is 3.35. The molecule has 4 rings (SSSR count). The highest BCUT2D eigenvalue weighted by Crippen LogP contribution is 2.35. The summed E-state index contributed by atoms with van der Waals surface area (Å²) in [7, 11) is 0. The van der Waals surface area contributed by atoms with Gasteiger partial charge in [0.25, 0.3) is 11.1 Å². The molecule has 8 nitrogen and oxygen atoms in total. The second kappa shape index (κ2) is 9.35. The predicted octanol–water partition coefficient (Wildman–Crippen LogP) is 3.94. The number of ether oxygens (including phenoxy) is 2. The first kappa shape index (κ1) is 21.8. The van der Waals surface area contributed by atoms with Crippen molar-refractivity contribution in [2.75, 3.05) is 36.6 Å². The third kappa shape index (κ3) is 4.57. The second-order valence-electron chi connectivity index (χ2n) is 7.15. The van der Waals surface area contributed by atoms with Crippen molar-refractivity contribution < 1.29 is 23.9 Å². The Hall–Kier alpha value is -3.46. The normalized spacial score (nSPS) is 16.1. The zero-order valence-corrected chi connectivity index (χ0v) is 18.6. The molecule has 2 aromatic carbocycles. The van der Waals surface area contributed by atoms with E-state index in [1.165, 1.54) is 0 Å². The van der Waals surface area contributed by atoms with Gasteiger partial charge in [-0.05, 0) is 61.5 Å². The minimum Gasteiger partial charge on any atom is -0.454 e. The standard InChI is InChI=1S/C23H23N3O5S/c1-3-25(4-2)17-8-5-15(6-9-17)11-20-22(28)26(23(29)32-20)13-21(27)24-16-7-10-18-19(12-16)31-14-30-18/h5-12H,3-4,13-14H2,1-2H3,(H,24,27)/b20-11+. The Labute approximate surface area is 190 Å². The summed E-state index contributed by atoms with van der Waals surface area (Å²) in [5, 5.41) is 2.21. The highest BCUT2D eigenvalue weighted by atomic mass is 32.2. The number of amides is 3. The van der Waals surface area contributed by atoms with Crippen molar-refractivity contribution in [2.45, 2.75) is 13.8 Å². The van der Waals surface area contributed by atoms with E-state index in [-0.39, 0.29) is 13.3 Å². The predicted molar refractivity (Wildman–Crippen MR) is 124 cm³/mol. The number of benzene rings is 2. The van der Waals surface area contributed by atoms with Crippen LogP contribution >= 0.6 is 11.8 Å². The van der Waals surface area contributed by atoms with Crippen molar-refractivity contribution >= 4 is 46.3 Å². The average molecular weight is 454 g/mol. The summed E-state index contributed by atoms with van der Waals surface area (Å²) in [6.07, 6.45) is 1.67. The molecule has 1 fully saturated rings. The molecule has 166 valence electrons. The van der Waals surface area contributed by atoms with Gasteiger partial charge in [-0.1, -0.05) is 12.1 Å². The van der Waals surface area contributed by atoms with Crippen molar-refractivity contribution in [3.8, 4) is 11.5 Å². The van der Waals surface area contributed by atoms with Gasteiger partial charge in [0.1, 0.15) is 6.54 Å². The third-order valence-electron chi connectivity index (χ3n) is 5.15. The molecule has 2 aromatic rings. The summed E-state index contributed by atoms with van der Waals surface area (Å²) >= 11 is 0.832. The van der Waals surface area contributed by atoms with E-state index in [4.69, 9.17) is 9.47 Å². The molecule has 0 aliphatic carbocycles. The van der Waals surface area contributed by atoms with Gasteiger partial charge in [0, 0.05) is 30.5 Å². The fraction of sp³-hybridized carbons (Fsp3) is 0.261. The molecule has 0 spiro atoms. The lowest BCUT2D eigenvalue weighted by Gasteiger charge is -2.20. The van der Waals surface area contributed by atoms with Crippen LogP contribution in [0.4, 0.5) is 16.2 Å². The minimum atomic E-state index is -0.478. The van der Waals surface area contributed by atoms with E-state index in [2.05, 4.69) is 24.1 Å². The molecule has 9 heteroatoms. The van der Waals surface area contributed by atoms with Crippen molar-refractivity contribution in [3.05, 3.63) is 52.9 Å². The van der Waals surface area contributed by atoms with Crippen LogP contribution in [-0.4, -0.2) is 48.4 Å². The van der Waals surface area contributed by atoms with Crippen LogP contribution in [0.2, 0.25) is 0 Å². The fourth-order valence-corrected chi connectivity index (χ4v) is 4.31. The lowest BCUT2D eigenvalue weighted by Crippen LogP contribution is -2.36. The quantitative estimate of drug-likeness (QED) is 0.636. The molecule has 2 aliphatic rings. The Morgan fingerprint density at radius 1 is 1.09 bits per heavy atom. The number of anilines is 2. The van der Waals surface area contributed by atoms with Gasteiger partial charge >= 0.3 is 0 Å². The van der Waals surface area contributed by atoms with Crippen molar-refractivity contribution in [2.24, 2.45) is 0 Å². The number of nitrogens with zero attached hydrogens (tertiary/aromatic N) is 2. The van der Waals surface area contributed by atoms with Crippen LogP contribution in [-0.2, 0) is 9.59 Å². The molecule has 0 aromatic heterocycles. The molecule has 2 heterocycles. The third-order valence-corrected chi connectivity index (χ3v) is 6.06. The summed E-state index contributed by atoms with van der Waals surface area (Å²) in [5.41, 5.74) is 2.41. The minimum absolute atomic E-state index is 0.133. The van der Waals surface area contributed by atoms with Gasteiger partial charge in [0.2, 0.25) is 12.7 Å². The Morgan fingerprint density at radius 2 is 1.81 bits per heavy atom. The number of fused-ring (bicyclic) bond motifs is 1. The summed E-state index contributed by atoms with van der Waals surface area (Å²) < 4.78 is 10.5. The second-order valence-corrected chi connectivity index (χ2v) is 8.14. The number of hydrogen-bond donors (Lipinski definition) is 1. The van der Waals surface area contributed by atoms with E-state index in [0.717, 1.165) is 41.0 Å². The number of imide groups is 1. The van der Waals surface area contributed by atoms with Crippen LogP contribution in [0.15, 0.2) is 47.4 Å². The zero-order valence-electron chi connectivity index (χ0n) is 17.8. The Bertz CT molecular complexity index is 1080. The van der Waals surface area contributed by atoms with Crippen LogP contribution in [0.1, 0.15) is 19.4 Å². The summed E-state index contributed by atoms with van der Waals surface area (Å²) in [6, 6.07) is 12.8. The molecule has 0 bridgehead atoms. The topological polar surface area (TPSA) is 88.2 Å². The van der Waals surface area contributed by atoms with E-state index in [9.17, 15) is 14.4 Å². The smallest absolute Gasteiger partial charge is 0.294 e. The van der Waals surface area contributed by atoms with E-state index < -0.39 is 17.1 Å². The molecule has 1 N–H and O–H groups in total. The first-order valence-corrected chi connectivity index (χ1v) is 11.1. The molecule has 2 aliphatic heterocycles. The molecule has 3 amide bonds. The summed E-state index contributed by atoms with van der Waals surface area (Å²) in [4.78, 5) is 41.0. The van der Waals surface area contributed by atoms with Crippen molar-refractivity contribution in [1.82, 2.24) is 4.90 Å². The maximum absolute atomic E-state index is 12.7. The number of carbonyl (C=O) groups is 3. The Kier molecular flexibility index (Phi) is 6.36. The highest BCUT2D eigenvalue weighted by molar-refractivity contribution is 8.18. The lowest BCUT2D eigenvalue weighted by molar-refractivity contribution is -0.127. The van der Waals surface area contributed by atoms with Gasteiger partial charge in [0.15, 0.2) is 11.5 Å². The Balaban J connectivity index is 1.40. The molecule has 0 saturated carbocycles. The molecule has 1 saturated heterocycles. The maximum atomic E-state index is 12.7. The van der Waals surface area contributed by atoms with Gasteiger partial charge < -0.3 is 19.7 Å². The molecule has 0 radical (unpaired) electrons. The molecule has 0 unspecified atom stereocenters. The van der Waals surface area contributed by atoms with Crippen LogP contribution < -0.4 is 19.7 Å². The van der Waals surface area contributed by atoms with Gasteiger partial charge in [-0.25, -0.2) is 0 Å². The van der Waals surface area contributed by atoms with Crippen molar-refractivity contribution in [3.63, 3.8) is 0 Å². The maximum Gasteiger partial charge on any atom is 0.294 e. The highest BCUT2D eigenvalue weighted by Gasteiger charge is 2.36. The monoisotopic (exact) mass is 453 g/mol. The van der Waals surface area contributed by atoms with Gasteiger partial charge in [-0.2, -0.15) is 0 Å². The van der Waals surface area contributed by atoms with Crippen LogP contribution in [0.25, 0.3) is 6.08 Å². The number of carbonyl (C=O) groups excluding carboxylic acids is 3. The fourth-order valence-electron chi connectivity index (χ4n) is 3.48. The summed E-state index contributed by atoms with van der Waals surface area (Å²) in [6.45, 7) is 5.77. The Morgan fingerprint density at radius 3 is 2.53 bits per heavy atom. The van der Waals surface area contributed by atoms with E-state index >= 15 is 0 Å². The van der Waals surface area contributed by atoms with Crippen molar-refractivity contribution in [1.29, 1.82) is 0 Å². The molecule has 0 atom stereocenters. The molecular weight excluding hydrogens is 430 g/mol. The zero-order chi connectivity index (χ0) is 22.7. The van der Waals surface area contributed by atoms with Crippen LogP contribution in [0.3, 0.4) is 0 Å². The van der Waals surface area contributed by atoms with Gasteiger partial charge in [0.05, 0.1) is 4.91 Å². The van der Waals surface area contributed by atoms with Gasteiger partial charge in [-0.15, -0.1) is 0 Å². The largest absolute Gasteiger partial charge is 0.454 e. The van der Waals surface area contributed by atoms with Gasteiger partial charge in [-0.3, -0.25) is 19.3 Å². The number of thioether (sulfide) groups is 1. The SMILES string of the molecule is CCN(CC)c1ccc(/C=C2/SC(=O)N(CC(=O)Nc3ccc4c(c3)OCO4)C2=O)cc1. The first-order valence-electron chi connectivity index (χ1n) is 10.3. The number of hydrogen-bond acceptors (Lipinski definition) is 7. The number of rotatable bonds is 7. The molecular formula is C23H23N3O5S. The lowest BCUT2D eigenvalue weighted by atomic mass is 10.1. The van der Waals surface area contributed by atoms with E-state index in [1.807, 2.05) is 24.3 Å². The summed E-state index contributed by atoms with van der Waals surface area (Å²) in [5.74, 6) is 0.178. The van der Waals surface area contributed by atoms with Crippen LogP contribution in [0, 0.1) is 0 Å². The molecule has 32 heavy (non-hydrogen) atoms.